The maximum atomic E-state index is 12.6. The van der Waals surface area contributed by atoms with Crippen LogP contribution in [0.5, 0.6) is 0 Å². The summed E-state index contributed by atoms with van der Waals surface area (Å²) >= 11 is 0. The van der Waals surface area contributed by atoms with E-state index in [4.69, 9.17) is 9.52 Å². The molecule has 0 aliphatic rings. The van der Waals surface area contributed by atoms with Crippen molar-refractivity contribution in [2.24, 2.45) is 0 Å². The normalized spacial score (nSPS) is 12.4. The van der Waals surface area contributed by atoms with Crippen molar-refractivity contribution in [3.63, 3.8) is 0 Å². The Hall–Kier alpha value is -2.44. The summed E-state index contributed by atoms with van der Waals surface area (Å²) in [6.07, 6.45) is -4.42. The number of aromatic amines is 1. The highest BCUT2D eigenvalue weighted by molar-refractivity contribution is 6.06. The van der Waals surface area contributed by atoms with E-state index in [0.717, 1.165) is 12.1 Å². The molecule has 0 amide bonds. The van der Waals surface area contributed by atoms with Gasteiger partial charge in [0.2, 0.25) is 5.76 Å². The molecule has 0 saturated carbocycles. The van der Waals surface area contributed by atoms with Crippen molar-refractivity contribution in [1.82, 2.24) is 4.98 Å². The number of hydrogen-bond donors (Lipinski definition) is 2. The van der Waals surface area contributed by atoms with Crippen LogP contribution in [0.3, 0.4) is 0 Å². The lowest BCUT2D eigenvalue weighted by molar-refractivity contribution is -0.137. The average Bonchev–Trinajstić information content (AvgIpc) is 2.83. The average molecular weight is 269 g/mol. The van der Waals surface area contributed by atoms with Crippen LogP contribution in [0.4, 0.5) is 13.2 Å². The van der Waals surface area contributed by atoms with Crippen LogP contribution in [0, 0.1) is 0 Å². The number of aromatic carboxylic acids is 1. The predicted octanol–water partition coefficient (Wildman–Crippen LogP) is 3.63. The Labute approximate surface area is 103 Å². The Bertz CT molecular complexity index is 798. The molecule has 1 aromatic carbocycles. The molecule has 2 heterocycles. The van der Waals surface area contributed by atoms with Gasteiger partial charge in [-0.15, -0.1) is 0 Å². The molecule has 2 aromatic heterocycles. The highest BCUT2D eigenvalue weighted by Gasteiger charge is 2.31. The molecular weight excluding hydrogens is 263 g/mol. The molecule has 0 unspecified atom stereocenters. The van der Waals surface area contributed by atoms with E-state index in [2.05, 4.69) is 4.98 Å². The number of rotatable bonds is 1. The van der Waals surface area contributed by atoms with E-state index >= 15 is 0 Å². The predicted molar refractivity (Wildman–Crippen MR) is 60.0 cm³/mol. The first kappa shape index (κ1) is 11.6. The number of carbonyl (C=O) groups is 1. The van der Waals surface area contributed by atoms with E-state index in [9.17, 15) is 18.0 Å². The number of alkyl halides is 3. The second-order valence-electron chi connectivity index (χ2n) is 4.04. The first-order valence-electron chi connectivity index (χ1n) is 5.22. The summed E-state index contributed by atoms with van der Waals surface area (Å²) in [6.45, 7) is 0. The number of carboxylic acids is 1. The molecule has 3 rings (SSSR count). The van der Waals surface area contributed by atoms with E-state index in [1.165, 1.54) is 12.1 Å². The number of halogens is 3. The number of fused-ring (bicyclic) bond motifs is 3. The first-order valence-corrected chi connectivity index (χ1v) is 5.22. The van der Waals surface area contributed by atoms with Crippen molar-refractivity contribution in [3.05, 3.63) is 35.6 Å². The van der Waals surface area contributed by atoms with Crippen LogP contribution < -0.4 is 0 Å². The molecule has 4 nitrogen and oxygen atoms in total. The van der Waals surface area contributed by atoms with Gasteiger partial charge in [-0.05, 0) is 18.2 Å². The minimum Gasteiger partial charge on any atom is -0.475 e. The van der Waals surface area contributed by atoms with Gasteiger partial charge in [0.1, 0.15) is 0 Å². The fourth-order valence-corrected chi connectivity index (χ4v) is 1.96. The topological polar surface area (TPSA) is 66.2 Å². The zero-order valence-electron chi connectivity index (χ0n) is 9.21. The highest BCUT2D eigenvalue weighted by atomic mass is 19.4. The van der Waals surface area contributed by atoms with Crippen LogP contribution in [0.2, 0.25) is 0 Å². The molecule has 0 bridgehead atoms. The van der Waals surface area contributed by atoms with E-state index in [1.807, 2.05) is 0 Å². The summed E-state index contributed by atoms with van der Waals surface area (Å²) in [6, 6.07) is 4.39. The first-order chi connectivity index (χ1) is 8.86. The molecule has 7 heteroatoms. The van der Waals surface area contributed by atoms with Gasteiger partial charge in [-0.2, -0.15) is 13.2 Å². The third-order valence-corrected chi connectivity index (χ3v) is 2.80. The number of hydrogen-bond acceptors (Lipinski definition) is 2. The molecule has 0 aliphatic carbocycles. The summed E-state index contributed by atoms with van der Waals surface area (Å²) in [5.74, 6) is -1.49. The number of furan rings is 1. The van der Waals surface area contributed by atoms with Gasteiger partial charge in [0.15, 0.2) is 5.58 Å². The number of aromatic nitrogens is 1. The minimum absolute atomic E-state index is 0.237. The zero-order chi connectivity index (χ0) is 13.8. The standard InChI is InChI=1S/C12H6F3NO3/c13-12(14,15)5-1-2-6-7(3-5)16-8-4-9(11(17)18)19-10(6)8/h1-4,16H,(H,17,18). The van der Waals surface area contributed by atoms with Crippen LogP contribution in [-0.2, 0) is 6.18 Å². The van der Waals surface area contributed by atoms with E-state index in [-0.39, 0.29) is 16.9 Å². The van der Waals surface area contributed by atoms with Gasteiger partial charge in [0, 0.05) is 11.5 Å². The fraction of sp³-hybridized carbons (Fsp3) is 0.0833. The third-order valence-electron chi connectivity index (χ3n) is 2.80. The van der Waals surface area contributed by atoms with E-state index < -0.39 is 17.7 Å². The maximum Gasteiger partial charge on any atom is 0.416 e. The lowest BCUT2D eigenvalue weighted by atomic mass is 10.1. The Morgan fingerprint density at radius 2 is 1.95 bits per heavy atom. The molecule has 3 aromatic rings. The lowest BCUT2D eigenvalue weighted by Gasteiger charge is -2.05. The molecular formula is C12H6F3NO3. The van der Waals surface area contributed by atoms with Gasteiger partial charge in [0.25, 0.3) is 0 Å². The number of benzene rings is 1. The molecule has 0 aliphatic heterocycles. The summed E-state index contributed by atoms with van der Waals surface area (Å²) in [4.78, 5) is 13.4. The molecule has 98 valence electrons. The van der Waals surface area contributed by atoms with Gasteiger partial charge < -0.3 is 14.5 Å². The molecule has 0 radical (unpaired) electrons. The van der Waals surface area contributed by atoms with Crippen molar-refractivity contribution in [2.75, 3.05) is 0 Å². The smallest absolute Gasteiger partial charge is 0.416 e. The van der Waals surface area contributed by atoms with Gasteiger partial charge >= 0.3 is 12.1 Å². The summed E-state index contributed by atoms with van der Waals surface area (Å²) < 4.78 is 42.8. The largest absolute Gasteiger partial charge is 0.475 e. The SMILES string of the molecule is O=C(O)c1cc2[nH]c3cc(C(F)(F)F)ccc3c2o1. The summed E-state index contributed by atoms with van der Waals surface area (Å²) in [7, 11) is 0. The molecule has 0 spiro atoms. The number of nitrogens with one attached hydrogen (secondary N) is 1. The molecule has 0 fully saturated rings. The summed E-state index contributed by atoms with van der Waals surface area (Å²) in [5, 5.41) is 9.18. The molecule has 2 N–H and O–H groups in total. The Kier molecular flexibility index (Phi) is 2.16. The zero-order valence-corrected chi connectivity index (χ0v) is 9.21. The summed E-state index contributed by atoms with van der Waals surface area (Å²) in [5.41, 5.74) is 0.0655. The van der Waals surface area contributed by atoms with Crippen molar-refractivity contribution < 1.29 is 27.5 Å². The fourth-order valence-electron chi connectivity index (χ4n) is 1.96. The van der Waals surface area contributed by atoms with Crippen LogP contribution in [-0.4, -0.2) is 16.1 Å². The second-order valence-corrected chi connectivity index (χ2v) is 4.04. The van der Waals surface area contributed by atoms with Crippen molar-refractivity contribution in [2.45, 2.75) is 6.18 Å². The van der Waals surface area contributed by atoms with Crippen LogP contribution in [0.15, 0.2) is 28.7 Å². The second kappa shape index (κ2) is 3.53. The molecule has 19 heavy (non-hydrogen) atoms. The minimum atomic E-state index is -4.42. The maximum absolute atomic E-state index is 12.6. The van der Waals surface area contributed by atoms with Crippen molar-refractivity contribution >= 4 is 28.0 Å². The number of H-pyrrole nitrogens is 1. The van der Waals surface area contributed by atoms with Crippen LogP contribution in [0.25, 0.3) is 22.0 Å². The lowest BCUT2D eigenvalue weighted by Crippen LogP contribution is -2.04. The Morgan fingerprint density at radius 3 is 2.58 bits per heavy atom. The monoisotopic (exact) mass is 269 g/mol. The highest BCUT2D eigenvalue weighted by Crippen LogP contribution is 2.34. The molecule has 0 saturated heterocycles. The Balaban J connectivity index is 2.25. The molecule has 0 atom stereocenters. The van der Waals surface area contributed by atoms with Crippen LogP contribution in [0.1, 0.15) is 16.1 Å². The van der Waals surface area contributed by atoms with Gasteiger partial charge in [-0.1, -0.05) is 0 Å². The van der Waals surface area contributed by atoms with E-state index in [1.54, 1.807) is 0 Å². The van der Waals surface area contributed by atoms with Crippen molar-refractivity contribution in [3.8, 4) is 0 Å². The van der Waals surface area contributed by atoms with Crippen molar-refractivity contribution in [1.29, 1.82) is 0 Å². The van der Waals surface area contributed by atoms with Crippen LogP contribution >= 0.6 is 0 Å². The number of carboxylic acid groups (broad SMARTS) is 1. The van der Waals surface area contributed by atoms with E-state index in [0.29, 0.717) is 10.9 Å². The van der Waals surface area contributed by atoms with Gasteiger partial charge in [0.05, 0.1) is 16.6 Å². The quantitative estimate of drug-likeness (QED) is 0.708. The Morgan fingerprint density at radius 1 is 1.21 bits per heavy atom. The third kappa shape index (κ3) is 1.74. The van der Waals surface area contributed by atoms with Gasteiger partial charge in [-0.3, -0.25) is 0 Å². The van der Waals surface area contributed by atoms with Gasteiger partial charge in [-0.25, -0.2) is 4.79 Å².